The van der Waals surface area contributed by atoms with Crippen molar-refractivity contribution in [2.24, 2.45) is 0 Å². The van der Waals surface area contributed by atoms with Crippen molar-refractivity contribution in [1.82, 2.24) is 15.0 Å². The standard InChI is InChI=1S/C10H7ClN4O2/c11-8-1-2-13-10(14-8)15-9(17)6-3-7(16)5-12-4-6/h1-5,16H,(H,13,14,15,17). The Hall–Kier alpha value is -2.21. The van der Waals surface area contributed by atoms with Gasteiger partial charge < -0.3 is 5.11 Å². The average molecular weight is 251 g/mol. The molecule has 0 fully saturated rings. The first-order valence-electron chi connectivity index (χ1n) is 4.59. The van der Waals surface area contributed by atoms with Gasteiger partial charge in [0.15, 0.2) is 0 Å². The van der Waals surface area contributed by atoms with Gasteiger partial charge in [-0.3, -0.25) is 15.1 Å². The van der Waals surface area contributed by atoms with Crippen molar-refractivity contribution >= 4 is 23.5 Å². The molecule has 17 heavy (non-hydrogen) atoms. The molecule has 0 unspecified atom stereocenters. The lowest BCUT2D eigenvalue weighted by atomic mass is 10.2. The van der Waals surface area contributed by atoms with Gasteiger partial charge >= 0.3 is 0 Å². The van der Waals surface area contributed by atoms with Crippen molar-refractivity contribution in [3.8, 4) is 5.75 Å². The molecule has 6 nitrogen and oxygen atoms in total. The zero-order valence-corrected chi connectivity index (χ0v) is 9.22. The number of nitrogens with one attached hydrogen (secondary N) is 1. The second kappa shape index (κ2) is 4.75. The normalized spacial score (nSPS) is 9.94. The van der Waals surface area contributed by atoms with Gasteiger partial charge in [-0.15, -0.1) is 0 Å². The SMILES string of the molecule is O=C(Nc1nccc(Cl)n1)c1cncc(O)c1. The highest BCUT2D eigenvalue weighted by molar-refractivity contribution is 6.29. The zero-order chi connectivity index (χ0) is 12.3. The first-order chi connectivity index (χ1) is 8.15. The smallest absolute Gasteiger partial charge is 0.259 e. The Bertz CT molecular complexity index is 562. The quantitative estimate of drug-likeness (QED) is 0.789. The van der Waals surface area contributed by atoms with Crippen LogP contribution in [0.3, 0.4) is 0 Å². The minimum Gasteiger partial charge on any atom is -0.506 e. The van der Waals surface area contributed by atoms with Crippen molar-refractivity contribution in [2.45, 2.75) is 0 Å². The van der Waals surface area contributed by atoms with E-state index in [0.29, 0.717) is 0 Å². The molecule has 2 rings (SSSR count). The summed E-state index contributed by atoms with van der Waals surface area (Å²) < 4.78 is 0. The van der Waals surface area contributed by atoms with E-state index in [0.717, 1.165) is 0 Å². The molecule has 0 aliphatic carbocycles. The number of hydrogen-bond donors (Lipinski definition) is 2. The maximum Gasteiger partial charge on any atom is 0.259 e. The lowest BCUT2D eigenvalue weighted by molar-refractivity contribution is 0.102. The molecule has 0 saturated carbocycles. The molecule has 2 N–H and O–H groups in total. The highest BCUT2D eigenvalue weighted by Gasteiger charge is 2.08. The number of anilines is 1. The summed E-state index contributed by atoms with van der Waals surface area (Å²) in [6.45, 7) is 0. The molecule has 2 heterocycles. The number of carbonyl (C=O) groups is 1. The van der Waals surface area contributed by atoms with E-state index in [2.05, 4.69) is 20.3 Å². The Kier molecular flexibility index (Phi) is 3.15. The maximum atomic E-state index is 11.7. The van der Waals surface area contributed by atoms with Gasteiger partial charge in [0.2, 0.25) is 5.95 Å². The highest BCUT2D eigenvalue weighted by atomic mass is 35.5. The van der Waals surface area contributed by atoms with Gasteiger partial charge in [-0.25, -0.2) is 9.97 Å². The fourth-order valence-electron chi connectivity index (χ4n) is 1.12. The fraction of sp³-hybridized carbons (Fsp3) is 0. The summed E-state index contributed by atoms with van der Waals surface area (Å²) in [7, 11) is 0. The average Bonchev–Trinajstić information content (AvgIpc) is 2.29. The minimum atomic E-state index is -0.476. The number of pyridine rings is 1. The molecule has 1 amide bonds. The van der Waals surface area contributed by atoms with E-state index < -0.39 is 5.91 Å². The third-order valence-electron chi connectivity index (χ3n) is 1.83. The van der Waals surface area contributed by atoms with Crippen LogP contribution in [0.25, 0.3) is 0 Å². The van der Waals surface area contributed by atoms with Gasteiger partial charge in [0.05, 0.1) is 11.8 Å². The predicted octanol–water partition coefficient (Wildman–Crippen LogP) is 1.48. The molecule has 0 bridgehead atoms. The third-order valence-corrected chi connectivity index (χ3v) is 2.04. The molecule has 0 aliphatic rings. The summed E-state index contributed by atoms with van der Waals surface area (Å²) in [6, 6.07) is 2.78. The third kappa shape index (κ3) is 2.88. The van der Waals surface area contributed by atoms with E-state index >= 15 is 0 Å². The lowest BCUT2D eigenvalue weighted by Gasteiger charge is -2.03. The summed E-state index contributed by atoms with van der Waals surface area (Å²) in [5.41, 5.74) is 0.202. The number of aromatic hydroxyl groups is 1. The molecule has 2 aromatic rings. The van der Waals surface area contributed by atoms with Gasteiger partial charge in [0, 0.05) is 12.4 Å². The first kappa shape index (κ1) is 11.3. The minimum absolute atomic E-state index is 0.0887. The summed E-state index contributed by atoms with van der Waals surface area (Å²) in [5, 5.41) is 11.8. The van der Waals surface area contributed by atoms with Gasteiger partial charge in [-0.05, 0) is 12.1 Å². The van der Waals surface area contributed by atoms with Crippen LogP contribution in [-0.2, 0) is 0 Å². The Morgan fingerprint density at radius 3 is 2.94 bits per heavy atom. The van der Waals surface area contributed by atoms with Crippen molar-refractivity contribution < 1.29 is 9.90 Å². The van der Waals surface area contributed by atoms with Crippen molar-refractivity contribution in [1.29, 1.82) is 0 Å². The van der Waals surface area contributed by atoms with Crippen molar-refractivity contribution in [3.63, 3.8) is 0 Å². The Labute approximate surface area is 101 Å². The van der Waals surface area contributed by atoms with Gasteiger partial charge in [-0.1, -0.05) is 11.6 Å². The van der Waals surface area contributed by atoms with Crippen molar-refractivity contribution in [3.05, 3.63) is 41.4 Å². The summed E-state index contributed by atoms with van der Waals surface area (Å²) in [6.07, 6.45) is 3.97. The Balaban J connectivity index is 2.17. The number of hydrogen-bond acceptors (Lipinski definition) is 5. The predicted molar refractivity (Wildman–Crippen MR) is 60.9 cm³/mol. The number of nitrogens with zero attached hydrogens (tertiary/aromatic N) is 3. The van der Waals surface area contributed by atoms with Crippen LogP contribution in [0.5, 0.6) is 5.75 Å². The first-order valence-corrected chi connectivity index (χ1v) is 4.97. The molecular formula is C10H7ClN4O2. The number of rotatable bonds is 2. The monoisotopic (exact) mass is 250 g/mol. The Morgan fingerprint density at radius 2 is 2.24 bits per heavy atom. The molecule has 2 aromatic heterocycles. The largest absolute Gasteiger partial charge is 0.506 e. The second-order valence-corrected chi connectivity index (χ2v) is 3.48. The molecule has 0 radical (unpaired) electrons. The van der Waals surface area contributed by atoms with Crippen LogP contribution in [0, 0.1) is 0 Å². The number of amides is 1. The molecule has 0 atom stereocenters. The molecule has 0 saturated heterocycles. The van der Waals surface area contributed by atoms with Gasteiger partial charge in [0.25, 0.3) is 5.91 Å². The Morgan fingerprint density at radius 1 is 1.41 bits per heavy atom. The summed E-state index contributed by atoms with van der Waals surface area (Å²) in [5.74, 6) is -0.480. The van der Waals surface area contributed by atoms with E-state index in [9.17, 15) is 9.90 Å². The van der Waals surface area contributed by atoms with E-state index in [1.165, 1.54) is 30.7 Å². The molecule has 0 spiro atoms. The van der Waals surface area contributed by atoms with Crippen LogP contribution in [-0.4, -0.2) is 26.0 Å². The molecular weight excluding hydrogens is 244 g/mol. The van der Waals surface area contributed by atoms with Crippen LogP contribution in [0.2, 0.25) is 5.15 Å². The molecule has 7 heteroatoms. The molecule has 0 aliphatic heterocycles. The number of carbonyl (C=O) groups excluding carboxylic acids is 1. The highest BCUT2D eigenvalue weighted by Crippen LogP contribution is 2.11. The zero-order valence-electron chi connectivity index (χ0n) is 8.46. The van der Waals surface area contributed by atoms with Gasteiger partial charge in [0.1, 0.15) is 10.9 Å². The topological polar surface area (TPSA) is 88.0 Å². The number of halogens is 1. The van der Waals surface area contributed by atoms with Crippen LogP contribution in [0.1, 0.15) is 10.4 Å². The van der Waals surface area contributed by atoms with Crippen LogP contribution < -0.4 is 5.32 Å². The second-order valence-electron chi connectivity index (χ2n) is 3.09. The number of aromatic nitrogens is 3. The molecule has 86 valence electrons. The van der Waals surface area contributed by atoms with E-state index in [-0.39, 0.29) is 22.4 Å². The van der Waals surface area contributed by atoms with Crippen LogP contribution in [0.15, 0.2) is 30.7 Å². The van der Waals surface area contributed by atoms with E-state index in [4.69, 9.17) is 11.6 Å². The molecule has 0 aromatic carbocycles. The van der Waals surface area contributed by atoms with Crippen LogP contribution >= 0.6 is 11.6 Å². The summed E-state index contributed by atoms with van der Waals surface area (Å²) >= 11 is 5.64. The van der Waals surface area contributed by atoms with Crippen LogP contribution in [0.4, 0.5) is 5.95 Å². The van der Waals surface area contributed by atoms with E-state index in [1.54, 1.807) is 0 Å². The van der Waals surface area contributed by atoms with E-state index in [1.807, 2.05) is 0 Å². The lowest BCUT2D eigenvalue weighted by Crippen LogP contribution is -2.14. The van der Waals surface area contributed by atoms with Gasteiger partial charge in [-0.2, -0.15) is 0 Å². The maximum absolute atomic E-state index is 11.7. The summed E-state index contributed by atoms with van der Waals surface area (Å²) in [4.78, 5) is 23.0. The van der Waals surface area contributed by atoms with Crippen molar-refractivity contribution in [2.75, 3.05) is 5.32 Å². The fourth-order valence-corrected chi connectivity index (χ4v) is 1.26.